The first-order valence-electron chi connectivity index (χ1n) is 4.00. The molecule has 0 saturated carbocycles. The second kappa shape index (κ2) is 7.16. The van der Waals surface area contributed by atoms with Crippen molar-refractivity contribution in [3.63, 3.8) is 0 Å². The number of hydrogen-bond donors (Lipinski definition) is 0. The molecule has 0 heterocycles. The molecule has 0 spiro atoms. The Hall–Kier alpha value is -1.18. The molecule has 0 aliphatic heterocycles. The van der Waals surface area contributed by atoms with Gasteiger partial charge in [0.1, 0.15) is 5.71 Å². The van der Waals surface area contributed by atoms with E-state index >= 15 is 0 Å². The van der Waals surface area contributed by atoms with E-state index in [4.69, 9.17) is 0 Å². The highest BCUT2D eigenvalue weighted by Crippen LogP contribution is 1.94. The van der Waals surface area contributed by atoms with Crippen LogP contribution in [0.2, 0.25) is 0 Å². The summed E-state index contributed by atoms with van der Waals surface area (Å²) in [6, 6.07) is 0. The van der Waals surface area contributed by atoms with E-state index in [-0.39, 0.29) is 21.1 Å². The highest BCUT2D eigenvalue weighted by atomic mass is 127. The van der Waals surface area contributed by atoms with Crippen LogP contribution in [0.4, 0.5) is 0 Å². The zero-order chi connectivity index (χ0) is 11.8. The molecule has 0 aromatic rings. The first-order valence-corrected chi connectivity index (χ1v) is 5.08. The molecule has 5 nitrogen and oxygen atoms in total. The number of aliphatic imine (C=N–C) groups is 1. The summed E-state index contributed by atoms with van der Waals surface area (Å²) in [6.45, 7) is 6.38. The lowest BCUT2D eigenvalue weighted by Gasteiger charge is -1.92. The summed E-state index contributed by atoms with van der Waals surface area (Å²) < 4.78 is -0.297. The predicted molar refractivity (Wildman–Crippen MR) is 68.9 cm³/mol. The van der Waals surface area contributed by atoms with Crippen molar-refractivity contribution in [3.8, 4) is 0 Å². The van der Waals surface area contributed by atoms with Gasteiger partial charge in [-0.05, 0) is 13.0 Å². The number of halogens is 1. The van der Waals surface area contributed by atoms with Crippen molar-refractivity contribution in [1.29, 1.82) is 0 Å². The fourth-order valence-corrected chi connectivity index (χ4v) is 0.899. The van der Waals surface area contributed by atoms with Crippen LogP contribution >= 0.6 is 22.6 Å². The average molecular weight is 319 g/mol. The van der Waals surface area contributed by atoms with Crippen LogP contribution in [0.3, 0.4) is 0 Å². The van der Waals surface area contributed by atoms with Crippen molar-refractivity contribution in [2.45, 2.75) is 13.8 Å². The minimum atomic E-state index is -0.318. The van der Waals surface area contributed by atoms with E-state index < -0.39 is 0 Å². The van der Waals surface area contributed by atoms with E-state index in [1.165, 1.54) is 19.2 Å². The largest absolute Gasteiger partial charge is 0.291 e. The maximum atomic E-state index is 11.0. The number of hydrogen-bond acceptors (Lipinski definition) is 4. The van der Waals surface area contributed by atoms with Crippen LogP contribution in [0.1, 0.15) is 13.8 Å². The molecule has 0 aliphatic carbocycles. The summed E-state index contributed by atoms with van der Waals surface area (Å²) >= 11 is 1.56. The fourth-order valence-electron chi connectivity index (χ4n) is 0.571. The van der Waals surface area contributed by atoms with E-state index in [0.717, 1.165) is 0 Å². The Bertz CT molecular complexity index is 370. The third kappa shape index (κ3) is 5.31. The van der Waals surface area contributed by atoms with Crippen molar-refractivity contribution < 1.29 is 9.59 Å². The summed E-state index contributed by atoms with van der Waals surface area (Å²) in [4.78, 5) is 25.6. The van der Waals surface area contributed by atoms with E-state index in [1.54, 1.807) is 29.5 Å². The molecule has 0 N–H and O–H groups in total. The van der Waals surface area contributed by atoms with Crippen LogP contribution in [0, 0.1) is 0 Å². The summed E-state index contributed by atoms with van der Waals surface area (Å²) in [5.74, 6) is -0.365. The third-order valence-corrected chi connectivity index (χ3v) is 1.77. The van der Waals surface area contributed by atoms with E-state index in [9.17, 15) is 9.59 Å². The molecule has 0 rings (SSSR count). The Kier molecular flexibility index (Phi) is 6.59. The quantitative estimate of drug-likeness (QED) is 0.259. The second-order valence-electron chi connectivity index (χ2n) is 2.33. The van der Waals surface area contributed by atoms with Crippen LogP contribution in [0.25, 0.3) is 0 Å². The number of nitrogens with zero attached hydrogens (tertiary/aromatic N) is 3. The Balaban J connectivity index is 5.07. The smallest absolute Gasteiger partial charge is 0.242 e. The molecule has 0 aliphatic rings. The molecule has 15 heavy (non-hydrogen) atoms. The van der Waals surface area contributed by atoms with Gasteiger partial charge in [0.15, 0.2) is 5.78 Å². The van der Waals surface area contributed by atoms with Crippen LogP contribution in [-0.4, -0.2) is 27.3 Å². The number of ketones is 1. The molecule has 0 amide bonds. The van der Waals surface area contributed by atoms with Gasteiger partial charge in [-0.15, -0.1) is 10.2 Å². The Morgan fingerprint density at radius 2 is 1.93 bits per heavy atom. The van der Waals surface area contributed by atoms with Crippen LogP contribution < -0.4 is 0 Å². The highest BCUT2D eigenvalue weighted by Gasteiger charge is 2.04. The van der Waals surface area contributed by atoms with Crippen molar-refractivity contribution in [3.05, 3.63) is 12.7 Å². The summed E-state index contributed by atoms with van der Waals surface area (Å²) in [7, 11) is 0. The van der Waals surface area contributed by atoms with Gasteiger partial charge in [-0.25, -0.2) is 4.99 Å². The van der Waals surface area contributed by atoms with Gasteiger partial charge in [-0.2, -0.15) is 0 Å². The molecule has 0 bridgehead atoms. The lowest BCUT2D eigenvalue weighted by atomic mass is 10.4. The Morgan fingerprint density at radius 1 is 1.33 bits per heavy atom. The van der Waals surface area contributed by atoms with Gasteiger partial charge in [-0.3, -0.25) is 9.59 Å². The first kappa shape index (κ1) is 13.8. The summed E-state index contributed by atoms with van der Waals surface area (Å²) in [5.41, 5.74) is 0.0839. The number of Topliss-reactive ketones (excluding diaryl/α,β-unsaturated/α-hetero) is 1. The van der Waals surface area contributed by atoms with Gasteiger partial charge in [0.05, 0.1) is 0 Å². The van der Waals surface area contributed by atoms with Crippen molar-refractivity contribution in [2.24, 2.45) is 15.2 Å². The molecular formula is C9H10IN3O2. The van der Waals surface area contributed by atoms with E-state index in [1.807, 2.05) is 0 Å². The molecule has 6 heteroatoms. The minimum Gasteiger partial charge on any atom is -0.291 e. The van der Waals surface area contributed by atoms with E-state index in [2.05, 4.69) is 21.8 Å². The average Bonchev–Trinajstić information content (AvgIpc) is 2.16. The molecule has 0 atom stereocenters. The SMILES string of the molecule is C=C/C(=N\N=C(/N=CC)C(C)=O)C(=O)I. The zero-order valence-electron chi connectivity index (χ0n) is 8.40. The topological polar surface area (TPSA) is 71.2 Å². The summed E-state index contributed by atoms with van der Waals surface area (Å²) in [6.07, 6.45) is 2.70. The molecule has 0 aromatic carbocycles. The van der Waals surface area contributed by atoms with Gasteiger partial charge in [-0.1, -0.05) is 6.58 Å². The number of carbonyl (C=O) groups is 2. The number of rotatable bonds is 4. The number of carbonyl (C=O) groups excluding carboxylic acids is 2. The molecule has 0 fully saturated rings. The summed E-state index contributed by atoms with van der Waals surface area (Å²) in [5, 5.41) is 7.14. The van der Waals surface area contributed by atoms with Crippen LogP contribution in [-0.2, 0) is 9.59 Å². The molecule has 0 radical (unpaired) electrons. The first-order chi connectivity index (χ1) is 7.02. The maximum absolute atomic E-state index is 11.0. The van der Waals surface area contributed by atoms with Gasteiger partial charge in [0, 0.05) is 35.7 Å². The minimum absolute atomic E-state index is 0.0468. The standard InChI is InChI=1S/C9H10IN3O2/c1-4-7(8(10)15)12-13-9(6(3)14)11-5-2/h4-5H,1H2,2-3H3/b11-5?,12-7+,13-9-. The van der Waals surface area contributed by atoms with Crippen molar-refractivity contribution in [2.75, 3.05) is 0 Å². The second-order valence-corrected chi connectivity index (χ2v) is 3.31. The lowest BCUT2D eigenvalue weighted by Crippen LogP contribution is -2.08. The van der Waals surface area contributed by atoms with Crippen LogP contribution in [0.5, 0.6) is 0 Å². The van der Waals surface area contributed by atoms with Gasteiger partial charge in [0.2, 0.25) is 9.63 Å². The van der Waals surface area contributed by atoms with Gasteiger partial charge < -0.3 is 0 Å². The Morgan fingerprint density at radius 3 is 2.27 bits per heavy atom. The van der Waals surface area contributed by atoms with Crippen molar-refractivity contribution in [1.82, 2.24) is 0 Å². The monoisotopic (exact) mass is 319 g/mol. The normalized spacial score (nSPS) is 13.0. The van der Waals surface area contributed by atoms with Crippen LogP contribution in [0.15, 0.2) is 27.9 Å². The lowest BCUT2D eigenvalue weighted by molar-refractivity contribution is -0.111. The van der Waals surface area contributed by atoms with Crippen molar-refractivity contribution >= 4 is 49.9 Å². The molecule has 0 aromatic heterocycles. The Labute approximate surface area is 101 Å². The highest BCUT2D eigenvalue weighted by molar-refractivity contribution is 14.1. The van der Waals surface area contributed by atoms with Gasteiger partial charge >= 0.3 is 0 Å². The molecule has 0 unspecified atom stereocenters. The maximum Gasteiger partial charge on any atom is 0.242 e. The van der Waals surface area contributed by atoms with E-state index in [0.29, 0.717) is 0 Å². The number of amidine groups is 1. The molecule has 0 saturated heterocycles. The zero-order valence-corrected chi connectivity index (χ0v) is 10.6. The fraction of sp³-hybridized carbons (Fsp3) is 0.222. The van der Waals surface area contributed by atoms with Gasteiger partial charge in [0.25, 0.3) is 0 Å². The third-order valence-electron chi connectivity index (χ3n) is 1.21. The molecular weight excluding hydrogens is 309 g/mol. The number of allylic oxidation sites excluding steroid dienone is 1. The molecule has 80 valence electrons. The predicted octanol–water partition coefficient (Wildman–Crippen LogP) is 1.57.